The van der Waals surface area contributed by atoms with Crippen LogP contribution in [0.3, 0.4) is 0 Å². The predicted octanol–water partition coefficient (Wildman–Crippen LogP) is 3.79. The van der Waals surface area contributed by atoms with Crippen LogP contribution in [0.5, 0.6) is 0 Å². The minimum atomic E-state index is 0.0144. The van der Waals surface area contributed by atoms with Crippen molar-refractivity contribution in [2.24, 2.45) is 0 Å². The highest BCUT2D eigenvalue weighted by atomic mass is 32.1. The van der Waals surface area contributed by atoms with E-state index in [1.807, 2.05) is 34.3 Å². The van der Waals surface area contributed by atoms with Crippen LogP contribution in [0.15, 0.2) is 39.7 Å². The van der Waals surface area contributed by atoms with E-state index in [1.54, 1.807) is 34.0 Å². The molecule has 20 heavy (non-hydrogen) atoms. The zero-order chi connectivity index (χ0) is 13.8. The van der Waals surface area contributed by atoms with Gasteiger partial charge in [-0.05, 0) is 22.9 Å². The van der Waals surface area contributed by atoms with Crippen LogP contribution in [0.25, 0.3) is 10.6 Å². The first-order chi connectivity index (χ1) is 9.81. The Hall–Kier alpha value is -1.50. The van der Waals surface area contributed by atoms with E-state index in [-0.39, 0.29) is 5.91 Å². The van der Waals surface area contributed by atoms with E-state index in [9.17, 15) is 4.79 Å². The van der Waals surface area contributed by atoms with E-state index < -0.39 is 0 Å². The Labute approximate surface area is 128 Å². The molecule has 0 bridgehead atoms. The highest BCUT2D eigenvalue weighted by molar-refractivity contribution is 7.14. The van der Waals surface area contributed by atoms with Gasteiger partial charge in [0.2, 0.25) is 5.91 Å². The third-order valence-electron chi connectivity index (χ3n) is 2.70. The Bertz CT molecular complexity index is 671. The summed E-state index contributed by atoms with van der Waals surface area (Å²) in [6, 6.07) is 6.05. The van der Waals surface area contributed by atoms with Gasteiger partial charge >= 0.3 is 0 Å². The number of thiazole rings is 1. The molecule has 0 radical (unpaired) electrons. The van der Waals surface area contributed by atoms with Crippen LogP contribution in [-0.2, 0) is 17.8 Å². The molecule has 0 aromatic carbocycles. The lowest BCUT2D eigenvalue weighted by Crippen LogP contribution is -2.24. The maximum atomic E-state index is 11.9. The molecule has 3 aromatic heterocycles. The van der Waals surface area contributed by atoms with Gasteiger partial charge in [-0.3, -0.25) is 4.79 Å². The Balaban J connectivity index is 1.56. The summed E-state index contributed by atoms with van der Waals surface area (Å²) in [7, 11) is 0. The number of carbonyl (C=O) groups is 1. The van der Waals surface area contributed by atoms with E-state index in [0.29, 0.717) is 13.0 Å². The number of thiophene rings is 2. The normalized spacial score (nSPS) is 10.6. The molecule has 0 atom stereocenters. The maximum Gasteiger partial charge on any atom is 0.226 e. The molecule has 0 saturated carbocycles. The Morgan fingerprint density at radius 2 is 2.15 bits per heavy atom. The van der Waals surface area contributed by atoms with E-state index in [4.69, 9.17) is 0 Å². The van der Waals surface area contributed by atoms with E-state index in [1.165, 1.54) is 0 Å². The molecule has 0 aliphatic carbocycles. The largest absolute Gasteiger partial charge is 0.351 e. The fourth-order valence-electron chi connectivity index (χ4n) is 1.73. The summed E-state index contributed by atoms with van der Waals surface area (Å²) in [5, 5.41) is 12.0. The number of aromatic nitrogens is 1. The van der Waals surface area contributed by atoms with Crippen molar-refractivity contribution in [3.8, 4) is 10.6 Å². The monoisotopic (exact) mass is 320 g/mol. The molecular weight excluding hydrogens is 308 g/mol. The third-order valence-corrected chi connectivity index (χ3v) is 5.20. The Morgan fingerprint density at radius 3 is 2.90 bits per heavy atom. The van der Waals surface area contributed by atoms with Crippen molar-refractivity contribution >= 4 is 39.9 Å². The van der Waals surface area contributed by atoms with Gasteiger partial charge in [0.1, 0.15) is 5.01 Å². The first kappa shape index (κ1) is 13.5. The molecule has 3 aromatic rings. The Morgan fingerprint density at radius 1 is 1.20 bits per heavy atom. The number of rotatable bonds is 5. The average molecular weight is 320 g/mol. The van der Waals surface area contributed by atoms with Gasteiger partial charge in [-0.1, -0.05) is 6.07 Å². The van der Waals surface area contributed by atoms with E-state index >= 15 is 0 Å². The van der Waals surface area contributed by atoms with Crippen molar-refractivity contribution in [3.63, 3.8) is 0 Å². The number of hydrogen-bond acceptors (Lipinski definition) is 5. The second kappa shape index (κ2) is 6.30. The average Bonchev–Trinajstić information content (AvgIpc) is 3.18. The fraction of sp³-hybridized carbons (Fsp3) is 0.143. The van der Waals surface area contributed by atoms with Gasteiger partial charge in [0.15, 0.2) is 0 Å². The van der Waals surface area contributed by atoms with Crippen LogP contribution >= 0.6 is 34.0 Å². The predicted molar refractivity (Wildman–Crippen MR) is 85.3 cm³/mol. The molecule has 1 N–H and O–H groups in total. The third kappa shape index (κ3) is 3.33. The molecule has 0 spiro atoms. The molecule has 0 unspecified atom stereocenters. The summed E-state index contributed by atoms with van der Waals surface area (Å²) < 4.78 is 0. The molecule has 0 aliphatic rings. The van der Waals surface area contributed by atoms with E-state index in [0.717, 1.165) is 21.1 Å². The smallest absolute Gasteiger partial charge is 0.226 e. The van der Waals surface area contributed by atoms with Crippen molar-refractivity contribution in [2.45, 2.75) is 13.0 Å². The number of amides is 1. The molecule has 0 saturated heterocycles. The standard InChI is InChI=1S/C14H12N2OS3/c17-13(15-7-12-2-1-4-19-12)6-11-9-20-14(16-11)10-3-5-18-8-10/h1-5,8-9H,6-7H2,(H,15,17). The van der Waals surface area contributed by atoms with Gasteiger partial charge in [0.25, 0.3) is 0 Å². The van der Waals surface area contributed by atoms with Crippen LogP contribution in [0.2, 0.25) is 0 Å². The highest BCUT2D eigenvalue weighted by Gasteiger charge is 2.09. The summed E-state index contributed by atoms with van der Waals surface area (Å²) in [5.74, 6) is 0.0144. The maximum absolute atomic E-state index is 11.9. The molecule has 6 heteroatoms. The second-order valence-electron chi connectivity index (χ2n) is 4.19. The summed E-state index contributed by atoms with van der Waals surface area (Å²) >= 11 is 4.88. The molecule has 1 amide bonds. The van der Waals surface area contributed by atoms with Crippen LogP contribution in [-0.4, -0.2) is 10.9 Å². The van der Waals surface area contributed by atoms with Gasteiger partial charge in [0, 0.05) is 21.2 Å². The highest BCUT2D eigenvalue weighted by Crippen LogP contribution is 2.25. The first-order valence-electron chi connectivity index (χ1n) is 6.07. The molecule has 0 aliphatic heterocycles. The fourth-order valence-corrected chi connectivity index (χ4v) is 3.91. The van der Waals surface area contributed by atoms with Crippen LogP contribution < -0.4 is 5.32 Å². The quantitative estimate of drug-likeness (QED) is 0.777. The van der Waals surface area contributed by atoms with Gasteiger partial charge in [-0.25, -0.2) is 4.98 Å². The van der Waals surface area contributed by atoms with Crippen LogP contribution in [0.1, 0.15) is 10.6 Å². The topological polar surface area (TPSA) is 42.0 Å². The summed E-state index contributed by atoms with van der Waals surface area (Å²) in [6.07, 6.45) is 0.339. The zero-order valence-corrected chi connectivity index (χ0v) is 13.0. The first-order valence-corrected chi connectivity index (χ1v) is 8.77. The van der Waals surface area contributed by atoms with Crippen molar-refractivity contribution < 1.29 is 4.79 Å². The zero-order valence-electron chi connectivity index (χ0n) is 10.5. The molecule has 3 rings (SSSR count). The number of nitrogens with one attached hydrogen (secondary N) is 1. The molecule has 102 valence electrons. The number of nitrogens with zero attached hydrogens (tertiary/aromatic N) is 1. The lowest BCUT2D eigenvalue weighted by atomic mass is 10.3. The van der Waals surface area contributed by atoms with Gasteiger partial charge in [-0.2, -0.15) is 11.3 Å². The van der Waals surface area contributed by atoms with E-state index in [2.05, 4.69) is 15.7 Å². The lowest BCUT2D eigenvalue weighted by Gasteiger charge is -2.01. The van der Waals surface area contributed by atoms with Crippen molar-refractivity contribution in [2.75, 3.05) is 0 Å². The lowest BCUT2D eigenvalue weighted by molar-refractivity contribution is -0.120. The SMILES string of the molecule is O=C(Cc1csc(-c2ccsc2)n1)NCc1cccs1. The second-order valence-corrected chi connectivity index (χ2v) is 6.86. The van der Waals surface area contributed by atoms with Crippen LogP contribution in [0, 0.1) is 0 Å². The number of carbonyl (C=O) groups excluding carboxylic acids is 1. The Kier molecular flexibility index (Phi) is 4.25. The van der Waals surface area contributed by atoms with Gasteiger partial charge in [-0.15, -0.1) is 22.7 Å². The van der Waals surface area contributed by atoms with Crippen molar-refractivity contribution in [1.82, 2.24) is 10.3 Å². The summed E-state index contributed by atoms with van der Waals surface area (Å²) in [4.78, 5) is 17.5. The minimum absolute atomic E-state index is 0.0144. The number of hydrogen-bond donors (Lipinski definition) is 1. The molecule has 0 fully saturated rings. The van der Waals surface area contributed by atoms with Gasteiger partial charge in [0.05, 0.1) is 18.7 Å². The summed E-state index contributed by atoms with van der Waals surface area (Å²) in [6.45, 7) is 0.595. The van der Waals surface area contributed by atoms with Crippen molar-refractivity contribution in [1.29, 1.82) is 0 Å². The molecule has 3 heterocycles. The van der Waals surface area contributed by atoms with Crippen molar-refractivity contribution in [3.05, 3.63) is 50.3 Å². The molecule has 3 nitrogen and oxygen atoms in total. The minimum Gasteiger partial charge on any atom is -0.351 e. The van der Waals surface area contributed by atoms with Crippen LogP contribution in [0.4, 0.5) is 0 Å². The van der Waals surface area contributed by atoms with Gasteiger partial charge < -0.3 is 5.32 Å². The molecular formula is C14H12N2OS3. The summed E-state index contributed by atoms with van der Waals surface area (Å²) in [5.41, 5.74) is 1.96.